The van der Waals surface area contributed by atoms with Gasteiger partial charge in [0.25, 0.3) is 0 Å². The molecule has 25 heavy (non-hydrogen) atoms. The predicted octanol–water partition coefficient (Wildman–Crippen LogP) is 2.17. The van der Waals surface area contributed by atoms with Gasteiger partial charge in [0, 0.05) is 26.1 Å². The Kier molecular flexibility index (Phi) is 4.44. The van der Waals surface area contributed by atoms with Crippen molar-refractivity contribution in [3.63, 3.8) is 0 Å². The number of amides is 1. The average molecular weight is 378 g/mol. The summed E-state index contributed by atoms with van der Waals surface area (Å²) >= 11 is 0. The van der Waals surface area contributed by atoms with E-state index in [1.165, 1.54) is 9.21 Å². The summed E-state index contributed by atoms with van der Waals surface area (Å²) in [5.74, 6) is 0.0433. The molecule has 0 unspecified atom stereocenters. The average Bonchev–Trinajstić information content (AvgIpc) is 2.57. The fourth-order valence-electron chi connectivity index (χ4n) is 3.18. The van der Waals surface area contributed by atoms with E-state index >= 15 is 0 Å². The molecule has 138 valence electrons. The van der Waals surface area contributed by atoms with Gasteiger partial charge in [0.1, 0.15) is 0 Å². The third-order valence-electron chi connectivity index (χ3n) is 4.71. The van der Waals surface area contributed by atoms with E-state index in [0.717, 1.165) is 24.3 Å². The maximum Gasteiger partial charge on any atom is 0.416 e. The van der Waals surface area contributed by atoms with Crippen LogP contribution in [0.5, 0.6) is 0 Å². The highest BCUT2D eigenvalue weighted by atomic mass is 32.2. The number of halogens is 3. The minimum atomic E-state index is -4.52. The number of benzene rings is 1. The zero-order valence-corrected chi connectivity index (χ0v) is 14.2. The van der Waals surface area contributed by atoms with E-state index in [0.29, 0.717) is 6.42 Å². The topological polar surface area (TPSA) is 66.9 Å². The molecule has 6 nitrogen and oxygen atoms in total. The number of carbonyl (C=O) groups excluding carboxylic acids is 1. The van der Waals surface area contributed by atoms with Crippen molar-refractivity contribution in [1.82, 2.24) is 9.21 Å². The van der Waals surface area contributed by atoms with Gasteiger partial charge in [-0.25, -0.2) is 13.2 Å². The number of rotatable bonds is 2. The lowest BCUT2D eigenvalue weighted by molar-refractivity contribution is -0.137. The summed E-state index contributed by atoms with van der Waals surface area (Å²) in [4.78, 5) is 12.8. The van der Waals surface area contributed by atoms with Gasteiger partial charge in [-0.05, 0) is 30.7 Å². The number of alkyl halides is 3. The van der Waals surface area contributed by atoms with E-state index in [2.05, 4.69) is 0 Å². The molecule has 0 saturated carbocycles. The Morgan fingerprint density at radius 1 is 1.20 bits per heavy atom. The molecule has 2 aliphatic rings. The molecule has 0 aliphatic carbocycles. The Bertz CT molecular complexity index is 764. The maximum absolute atomic E-state index is 12.7. The number of sulfonamides is 1. The van der Waals surface area contributed by atoms with E-state index in [-0.39, 0.29) is 36.6 Å². The van der Waals surface area contributed by atoms with Crippen LogP contribution in [0.25, 0.3) is 0 Å². The second-order valence-electron chi connectivity index (χ2n) is 6.19. The number of nitrogens with zero attached hydrogens (tertiary/aromatic N) is 2. The summed E-state index contributed by atoms with van der Waals surface area (Å²) in [7, 11) is -2.38. The molecule has 0 bridgehead atoms. The molecule has 1 aromatic rings. The molecule has 2 atom stereocenters. The van der Waals surface area contributed by atoms with Gasteiger partial charge in [-0.3, -0.25) is 0 Å². The molecule has 3 rings (SSSR count). The third kappa shape index (κ3) is 3.32. The fraction of sp³-hybridized carbons (Fsp3) is 0.533. The Labute approximate surface area is 143 Å². The first-order valence-electron chi connectivity index (χ1n) is 7.67. The molecule has 2 aliphatic heterocycles. The molecule has 1 amide bonds. The number of piperidine rings is 1. The van der Waals surface area contributed by atoms with Gasteiger partial charge in [-0.1, -0.05) is 0 Å². The minimum Gasteiger partial charge on any atom is -0.449 e. The number of hydrogen-bond donors (Lipinski definition) is 0. The number of ether oxygens (including phenoxy) is 1. The molecular weight excluding hydrogens is 361 g/mol. The molecule has 0 N–H and O–H groups in total. The van der Waals surface area contributed by atoms with Crippen molar-refractivity contribution in [2.24, 2.45) is 5.92 Å². The lowest BCUT2D eigenvalue weighted by Gasteiger charge is -2.44. The van der Waals surface area contributed by atoms with Crippen molar-refractivity contribution in [2.45, 2.75) is 23.5 Å². The standard InChI is InChI=1S/C15H17F3N2O4S/c1-19-13-8-20(7-6-10(13)9-24-14(19)21)25(22,23)12-4-2-11(3-5-12)15(16,17)18/h2-5,10,13H,6-9H2,1H3/t10-,13+/m0/s1. The van der Waals surface area contributed by atoms with Gasteiger partial charge in [0.2, 0.25) is 10.0 Å². The van der Waals surface area contributed by atoms with Crippen LogP contribution in [-0.2, 0) is 20.9 Å². The van der Waals surface area contributed by atoms with Gasteiger partial charge in [-0.2, -0.15) is 17.5 Å². The Morgan fingerprint density at radius 2 is 1.84 bits per heavy atom. The maximum atomic E-state index is 12.7. The monoisotopic (exact) mass is 378 g/mol. The van der Waals surface area contributed by atoms with Gasteiger partial charge in [0.15, 0.2) is 0 Å². The van der Waals surface area contributed by atoms with Crippen LogP contribution in [0.2, 0.25) is 0 Å². The summed E-state index contributed by atoms with van der Waals surface area (Å²) in [5.41, 5.74) is -0.903. The predicted molar refractivity (Wildman–Crippen MR) is 81.2 cm³/mol. The lowest BCUT2D eigenvalue weighted by atomic mass is 9.92. The highest BCUT2D eigenvalue weighted by Gasteiger charge is 2.42. The van der Waals surface area contributed by atoms with Gasteiger partial charge >= 0.3 is 12.3 Å². The SMILES string of the molecule is CN1C(=O)OC[C@@H]2CCN(S(=O)(=O)c3ccc(C(F)(F)F)cc3)C[C@H]21. The van der Waals surface area contributed by atoms with Gasteiger partial charge in [0.05, 0.1) is 23.1 Å². The van der Waals surface area contributed by atoms with Crippen molar-refractivity contribution < 1.29 is 31.1 Å². The highest BCUT2D eigenvalue weighted by Crippen LogP contribution is 2.32. The smallest absolute Gasteiger partial charge is 0.416 e. The van der Waals surface area contributed by atoms with Crippen molar-refractivity contribution in [3.8, 4) is 0 Å². The van der Waals surface area contributed by atoms with Gasteiger partial charge < -0.3 is 9.64 Å². The molecule has 2 heterocycles. The number of carbonyl (C=O) groups is 1. The molecule has 0 aromatic heterocycles. The minimum absolute atomic E-state index is 0.0433. The van der Waals surface area contributed by atoms with Crippen molar-refractivity contribution in [2.75, 3.05) is 26.7 Å². The van der Waals surface area contributed by atoms with Crippen LogP contribution in [0.3, 0.4) is 0 Å². The fourth-order valence-corrected chi connectivity index (χ4v) is 4.66. The molecule has 2 saturated heterocycles. The van der Waals surface area contributed by atoms with Crippen LogP contribution >= 0.6 is 0 Å². The normalized spacial score (nSPS) is 25.4. The Hall–Kier alpha value is -1.81. The third-order valence-corrected chi connectivity index (χ3v) is 6.59. The Balaban J connectivity index is 1.82. The van der Waals surface area contributed by atoms with Crippen molar-refractivity contribution in [3.05, 3.63) is 29.8 Å². The number of likely N-dealkylation sites (N-methyl/N-ethyl adjacent to an activating group) is 1. The summed E-state index contributed by atoms with van der Waals surface area (Å²) in [6.07, 6.45) is -4.51. The number of cyclic esters (lactones) is 1. The molecule has 1 aromatic carbocycles. The van der Waals surface area contributed by atoms with Crippen LogP contribution < -0.4 is 0 Å². The van der Waals surface area contributed by atoms with Crippen LogP contribution in [-0.4, -0.2) is 56.5 Å². The van der Waals surface area contributed by atoms with E-state index in [4.69, 9.17) is 4.74 Å². The summed E-state index contributed by atoms with van der Waals surface area (Å²) in [6, 6.07) is 3.12. The van der Waals surface area contributed by atoms with E-state index in [1.54, 1.807) is 7.05 Å². The quantitative estimate of drug-likeness (QED) is 0.791. The molecule has 0 spiro atoms. The summed E-state index contributed by atoms with van der Waals surface area (Å²) in [6.45, 7) is 0.581. The van der Waals surface area contributed by atoms with Crippen LogP contribution in [0.15, 0.2) is 29.2 Å². The Morgan fingerprint density at radius 3 is 2.44 bits per heavy atom. The first-order valence-corrected chi connectivity index (χ1v) is 9.11. The number of fused-ring (bicyclic) bond motifs is 1. The zero-order chi connectivity index (χ0) is 18.4. The lowest BCUT2D eigenvalue weighted by Crippen LogP contribution is -2.58. The molecule has 10 heteroatoms. The van der Waals surface area contributed by atoms with Crippen molar-refractivity contribution >= 4 is 16.1 Å². The van der Waals surface area contributed by atoms with E-state index in [1.807, 2.05) is 0 Å². The van der Waals surface area contributed by atoms with Gasteiger partial charge in [-0.15, -0.1) is 0 Å². The first-order chi connectivity index (χ1) is 11.6. The van der Waals surface area contributed by atoms with Crippen LogP contribution in [0, 0.1) is 5.92 Å². The number of hydrogen-bond acceptors (Lipinski definition) is 4. The molecular formula is C15H17F3N2O4S. The van der Waals surface area contributed by atoms with E-state index < -0.39 is 27.9 Å². The van der Waals surface area contributed by atoms with Crippen LogP contribution in [0.1, 0.15) is 12.0 Å². The summed E-state index contributed by atoms with van der Waals surface area (Å²) in [5, 5.41) is 0. The second kappa shape index (κ2) is 6.17. The van der Waals surface area contributed by atoms with Crippen LogP contribution in [0.4, 0.5) is 18.0 Å². The molecule has 0 radical (unpaired) electrons. The highest BCUT2D eigenvalue weighted by molar-refractivity contribution is 7.89. The van der Waals surface area contributed by atoms with E-state index in [9.17, 15) is 26.4 Å². The second-order valence-corrected chi connectivity index (χ2v) is 8.13. The first kappa shape index (κ1) is 18.0. The molecule has 2 fully saturated rings. The largest absolute Gasteiger partial charge is 0.449 e. The zero-order valence-electron chi connectivity index (χ0n) is 13.4. The summed E-state index contributed by atoms with van der Waals surface area (Å²) < 4.78 is 69.6. The van der Waals surface area contributed by atoms with Crippen molar-refractivity contribution in [1.29, 1.82) is 0 Å².